The lowest BCUT2D eigenvalue weighted by molar-refractivity contribution is 0.0950. The van der Waals surface area contributed by atoms with E-state index in [9.17, 15) is 9.59 Å². The predicted molar refractivity (Wildman–Crippen MR) is 117 cm³/mol. The average Bonchev–Trinajstić information content (AvgIpc) is 3.28. The summed E-state index contributed by atoms with van der Waals surface area (Å²) in [7, 11) is 1.60. The number of nitrogens with zero attached hydrogens (tertiary/aromatic N) is 1. The number of benzene rings is 2. The highest BCUT2D eigenvalue weighted by Gasteiger charge is 2.18. The molecule has 30 heavy (non-hydrogen) atoms. The minimum Gasteiger partial charge on any atom is -0.496 e. The molecule has 3 aromatic rings. The predicted octanol–water partition coefficient (Wildman–Crippen LogP) is 3.18. The minimum atomic E-state index is -0.245. The quantitative estimate of drug-likeness (QED) is 0.593. The number of fused-ring (bicyclic) bond motifs is 1. The first-order valence-electron chi connectivity index (χ1n) is 9.85. The van der Waals surface area contributed by atoms with E-state index in [-0.39, 0.29) is 17.6 Å². The molecule has 0 aliphatic carbocycles. The van der Waals surface area contributed by atoms with E-state index < -0.39 is 0 Å². The van der Waals surface area contributed by atoms with Crippen molar-refractivity contribution in [3.8, 4) is 5.75 Å². The first-order valence-corrected chi connectivity index (χ1v) is 10.3. The third kappa shape index (κ3) is 4.15. The molecule has 1 fully saturated rings. The Kier molecular flexibility index (Phi) is 5.96. The number of para-hydroxylation sites is 1. The average molecular weight is 426 g/mol. The number of nitrogens with one attached hydrogen (secondary N) is 2. The van der Waals surface area contributed by atoms with Crippen molar-refractivity contribution in [1.82, 2.24) is 14.9 Å². The van der Waals surface area contributed by atoms with E-state index >= 15 is 0 Å². The first kappa shape index (κ1) is 20.3. The smallest absolute Gasteiger partial charge is 0.262 e. The minimum absolute atomic E-state index is 0.00952. The molecule has 2 N–H and O–H groups in total. The van der Waals surface area contributed by atoms with Crippen molar-refractivity contribution in [3.63, 3.8) is 0 Å². The van der Waals surface area contributed by atoms with Gasteiger partial charge in [-0.3, -0.25) is 14.2 Å². The Morgan fingerprint density at radius 1 is 1.33 bits per heavy atom. The van der Waals surface area contributed by atoms with Crippen LogP contribution >= 0.6 is 12.2 Å². The van der Waals surface area contributed by atoms with Gasteiger partial charge in [0.1, 0.15) is 5.75 Å². The maximum absolute atomic E-state index is 12.9. The molecular weight excluding hydrogens is 402 g/mol. The summed E-state index contributed by atoms with van der Waals surface area (Å²) in [6, 6.07) is 12.5. The van der Waals surface area contributed by atoms with Crippen LogP contribution in [0.25, 0.3) is 10.9 Å². The van der Waals surface area contributed by atoms with Crippen LogP contribution in [0, 0.1) is 4.77 Å². The summed E-state index contributed by atoms with van der Waals surface area (Å²) in [5, 5.41) is 3.37. The largest absolute Gasteiger partial charge is 0.496 e. The van der Waals surface area contributed by atoms with Crippen molar-refractivity contribution in [1.29, 1.82) is 0 Å². The van der Waals surface area contributed by atoms with Gasteiger partial charge in [-0.1, -0.05) is 18.2 Å². The van der Waals surface area contributed by atoms with Gasteiger partial charge in [-0.05, 0) is 49.3 Å². The monoisotopic (exact) mass is 425 g/mol. The molecule has 0 saturated carbocycles. The van der Waals surface area contributed by atoms with Crippen LogP contribution in [-0.4, -0.2) is 35.3 Å². The van der Waals surface area contributed by atoms with Crippen molar-refractivity contribution in [2.75, 3.05) is 13.7 Å². The van der Waals surface area contributed by atoms with Crippen LogP contribution in [0.2, 0.25) is 0 Å². The molecule has 2 heterocycles. The zero-order valence-electron chi connectivity index (χ0n) is 16.6. The van der Waals surface area contributed by atoms with Crippen molar-refractivity contribution in [2.24, 2.45) is 0 Å². The maximum atomic E-state index is 12.9. The second kappa shape index (κ2) is 8.81. The Labute approximate surface area is 178 Å². The SMILES string of the molecule is COc1ccccc1CNC(=O)c1ccc2c(=O)n(C[C@H]3CCCO3)c(=S)[nH]c2c1. The van der Waals surface area contributed by atoms with Crippen LogP contribution in [0.3, 0.4) is 0 Å². The number of carbonyl (C=O) groups excluding carboxylic acids is 1. The fraction of sp³-hybridized carbons (Fsp3) is 0.318. The Hall–Kier alpha value is -2.97. The van der Waals surface area contributed by atoms with Gasteiger partial charge in [-0.15, -0.1) is 0 Å². The highest BCUT2D eigenvalue weighted by atomic mass is 32.1. The lowest BCUT2D eigenvalue weighted by Gasteiger charge is -2.13. The molecule has 0 unspecified atom stereocenters. The first-order chi connectivity index (χ1) is 14.6. The van der Waals surface area contributed by atoms with Gasteiger partial charge in [0.25, 0.3) is 11.5 Å². The molecule has 1 aliphatic heterocycles. The van der Waals surface area contributed by atoms with Crippen LogP contribution in [-0.2, 0) is 17.8 Å². The Morgan fingerprint density at radius 3 is 2.93 bits per heavy atom. The fourth-order valence-corrected chi connectivity index (χ4v) is 3.95. The second-order valence-electron chi connectivity index (χ2n) is 7.24. The third-order valence-electron chi connectivity index (χ3n) is 5.29. The van der Waals surface area contributed by atoms with Crippen LogP contribution in [0.4, 0.5) is 0 Å². The normalized spacial score (nSPS) is 16.0. The van der Waals surface area contributed by atoms with Crippen LogP contribution < -0.4 is 15.6 Å². The highest BCUT2D eigenvalue weighted by molar-refractivity contribution is 7.71. The van der Waals surface area contributed by atoms with E-state index in [2.05, 4.69) is 10.3 Å². The molecule has 1 amide bonds. The number of amides is 1. The van der Waals surface area contributed by atoms with Gasteiger partial charge in [0.15, 0.2) is 4.77 Å². The van der Waals surface area contributed by atoms with E-state index in [4.69, 9.17) is 21.7 Å². The summed E-state index contributed by atoms with van der Waals surface area (Å²) >= 11 is 5.39. The molecule has 1 atom stereocenters. The molecule has 1 saturated heterocycles. The summed E-state index contributed by atoms with van der Waals surface area (Å²) in [5.74, 6) is 0.470. The summed E-state index contributed by atoms with van der Waals surface area (Å²) in [4.78, 5) is 28.6. The van der Waals surface area contributed by atoms with Gasteiger partial charge in [0.05, 0.1) is 30.7 Å². The van der Waals surface area contributed by atoms with Crippen LogP contribution in [0.15, 0.2) is 47.3 Å². The molecular formula is C22H23N3O4S. The summed E-state index contributed by atoms with van der Waals surface area (Å²) < 4.78 is 12.8. The lowest BCUT2D eigenvalue weighted by atomic mass is 10.1. The van der Waals surface area contributed by atoms with Gasteiger partial charge in [0, 0.05) is 24.3 Å². The van der Waals surface area contributed by atoms with Crippen molar-refractivity contribution in [3.05, 3.63) is 68.7 Å². The third-order valence-corrected chi connectivity index (χ3v) is 5.61. The van der Waals surface area contributed by atoms with Gasteiger partial charge in [0.2, 0.25) is 0 Å². The molecule has 8 heteroatoms. The molecule has 1 aromatic heterocycles. The molecule has 156 valence electrons. The van der Waals surface area contributed by atoms with Crippen molar-refractivity contribution in [2.45, 2.75) is 32.0 Å². The number of hydrogen-bond donors (Lipinski definition) is 2. The van der Waals surface area contributed by atoms with Gasteiger partial charge >= 0.3 is 0 Å². The van der Waals surface area contributed by atoms with Gasteiger partial charge in [-0.25, -0.2) is 0 Å². The Morgan fingerprint density at radius 2 is 2.17 bits per heavy atom. The van der Waals surface area contributed by atoms with Gasteiger partial charge in [-0.2, -0.15) is 0 Å². The van der Waals surface area contributed by atoms with E-state index in [1.807, 2.05) is 24.3 Å². The van der Waals surface area contributed by atoms with Crippen LogP contribution in [0.1, 0.15) is 28.8 Å². The second-order valence-corrected chi connectivity index (χ2v) is 7.62. The van der Waals surface area contributed by atoms with E-state index in [1.165, 1.54) is 4.57 Å². The fourth-order valence-electron chi connectivity index (χ4n) is 3.68. The molecule has 7 nitrogen and oxygen atoms in total. The van der Waals surface area contributed by atoms with Crippen molar-refractivity contribution < 1.29 is 14.3 Å². The van der Waals surface area contributed by atoms with E-state index in [1.54, 1.807) is 25.3 Å². The maximum Gasteiger partial charge on any atom is 0.262 e. The standard InChI is InChI=1S/C22H23N3O4S/c1-28-19-7-3-2-5-15(19)12-23-20(26)14-8-9-17-18(11-14)24-22(30)25(21(17)27)13-16-6-4-10-29-16/h2-3,5,7-9,11,16H,4,6,10,12-13H2,1H3,(H,23,26)(H,24,30)/t16-/m1/s1. The summed E-state index contributed by atoms with van der Waals surface area (Å²) in [6.45, 7) is 1.49. The number of H-pyrrole nitrogens is 1. The molecule has 2 aromatic carbocycles. The highest BCUT2D eigenvalue weighted by Crippen LogP contribution is 2.18. The van der Waals surface area contributed by atoms with E-state index in [0.717, 1.165) is 25.0 Å². The molecule has 1 aliphatic rings. The van der Waals surface area contributed by atoms with Gasteiger partial charge < -0.3 is 19.8 Å². The number of carbonyl (C=O) groups is 1. The topological polar surface area (TPSA) is 85.3 Å². The summed E-state index contributed by atoms with van der Waals surface area (Å²) in [6.07, 6.45) is 1.93. The number of aromatic nitrogens is 2. The number of hydrogen-bond acceptors (Lipinski definition) is 5. The zero-order valence-corrected chi connectivity index (χ0v) is 17.5. The molecule has 0 radical (unpaired) electrons. The lowest BCUT2D eigenvalue weighted by Crippen LogP contribution is -2.28. The number of rotatable bonds is 6. The van der Waals surface area contributed by atoms with Crippen LogP contribution in [0.5, 0.6) is 5.75 Å². The Bertz CT molecular complexity index is 1190. The Balaban J connectivity index is 1.56. The van der Waals surface area contributed by atoms with Crippen molar-refractivity contribution >= 4 is 29.0 Å². The number of aromatic amines is 1. The molecule has 0 spiro atoms. The molecule has 4 rings (SSSR count). The molecule has 0 bridgehead atoms. The zero-order chi connectivity index (χ0) is 21.1. The number of ether oxygens (including phenoxy) is 2. The van der Waals surface area contributed by atoms with E-state index in [0.29, 0.717) is 40.1 Å². The number of methoxy groups -OCH3 is 1. The summed E-state index contributed by atoms with van der Waals surface area (Å²) in [5.41, 5.74) is 1.69.